The van der Waals surface area contributed by atoms with Crippen molar-refractivity contribution in [2.24, 2.45) is 51.2 Å². The zero-order valence-electron chi connectivity index (χ0n) is 23.3. The molecule has 0 amide bonds. The maximum Gasteiger partial charge on any atom is 0.138 e. The molecule has 0 bridgehead atoms. The molecule has 2 unspecified atom stereocenters. The van der Waals surface area contributed by atoms with Crippen LogP contribution in [0.5, 0.6) is 0 Å². The lowest BCUT2D eigenvalue weighted by Gasteiger charge is -2.70. The Kier molecular flexibility index (Phi) is 6.91. The lowest BCUT2D eigenvalue weighted by Crippen LogP contribution is -2.67. The molecule has 0 aromatic rings. The van der Waals surface area contributed by atoms with Gasteiger partial charge in [0.15, 0.2) is 0 Å². The van der Waals surface area contributed by atoms with Gasteiger partial charge in [0, 0.05) is 30.3 Å². The molecule has 35 heavy (non-hydrogen) atoms. The molecule has 5 heteroatoms. The predicted octanol–water partition coefficient (Wildman–Crippen LogP) is 4.73. The molecule has 0 saturated heterocycles. The summed E-state index contributed by atoms with van der Waals surface area (Å²) in [5.74, 6) is 0.885. The van der Waals surface area contributed by atoms with Crippen LogP contribution in [0.15, 0.2) is 0 Å². The summed E-state index contributed by atoms with van der Waals surface area (Å²) in [6, 6.07) is 0. The second kappa shape index (κ2) is 8.78. The van der Waals surface area contributed by atoms with E-state index >= 15 is 0 Å². The van der Waals surface area contributed by atoms with Gasteiger partial charge in [-0.05, 0) is 85.9 Å². The lowest BCUT2D eigenvalue weighted by molar-refractivity contribution is -0.239. The lowest BCUT2D eigenvalue weighted by atomic mass is 9.35. The molecular weight excluding hydrogens is 440 g/mol. The van der Waals surface area contributed by atoms with E-state index in [0.29, 0.717) is 31.6 Å². The van der Waals surface area contributed by atoms with Crippen LogP contribution in [0.25, 0.3) is 0 Å². The summed E-state index contributed by atoms with van der Waals surface area (Å²) in [7, 11) is 0. The zero-order valence-corrected chi connectivity index (χ0v) is 23.3. The van der Waals surface area contributed by atoms with Gasteiger partial charge in [-0.25, -0.2) is 0 Å². The van der Waals surface area contributed by atoms with Crippen LogP contribution >= 0.6 is 0 Å². The van der Waals surface area contributed by atoms with Crippen molar-refractivity contribution >= 4 is 5.78 Å². The number of rotatable bonds is 6. The number of hydrogen-bond acceptors (Lipinski definition) is 5. The molecule has 0 radical (unpaired) electrons. The Labute approximate surface area is 213 Å². The van der Waals surface area contributed by atoms with Crippen LogP contribution in [0.2, 0.25) is 0 Å². The van der Waals surface area contributed by atoms with E-state index in [1.54, 1.807) is 0 Å². The van der Waals surface area contributed by atoms with Crippen LogP contribution in [0.1, 0.15) is 106 Å². The standard InChI is InChI=1S/C30H52O5/c1-18(17-31)9-8-13-30(7,35)24-19-10-11-22-27(4)14-12-23(34)26(2,3)25(27)21(33)16-29(22,6)28(19,5)15-20(24)32/h18-22,24-25,31-33,35H,8-17H2,1-7H3/t18?,19-,20+,21-,22+,24+,25?,27+,28-,29+,30-/m0/s1. The summed E-state index contributed by atoms with van der Waals surface area (Å²) in [4.78, 5) is 12.9. The maximum absolute atomic E-state index is 12.9. The normalized spacial score (nSPS) is 49.5. The van der Waals surface area contributed by atoms with Gasteiger partial charge < -0.3 is 20.4 Å². The van der Waals surface area contributed by atoms with Gasteiger partial charge >= 0.3 is 0 Å². The second-order valence-corrected chi connectivity index (χ2v) is 14.8. The first kappa shape index (κ1) is 27.5. The minimum Gasteiger partial charge on any atom is -0.396 e. The largest absolute Gasteiger partial charge is 0.396 e. The van der Waals surface area contributed by atoms with E-state index in [9.17, 15) is 25.2 Å². The molecule has 4 aliphatic rings. The molecule has 4 rings (SSSR count). The predicted molar refractivity (Wildman–Crippen MR) is 138 cm³/mol. The van der Waals surface area contributed by atoms with E-state index in [4.69, 9.17) is 0 Å². The third-order valence-corrected chi connectivity index (χ3v) is 12.5. The van der Waals surface area contributed by atoms with E-state index in [1.807, 2.05) is 27.7 Å². The Morgan fingerprint density at radius 3 is 2.29 bits per heavy atom. The van der Waals surface area contributed by atoms with Crippen molar-refractivity contribution in [2.45, 2.75) is 124 Å². The van der Waals surface area contributed by atoms with Gasteiger partial charge in [-0.2, -0.15) is 0 Å². The first-order valence-corrected chi connectivity index (χ1v) is 14.3. The zero-order chi connectivity index (χ0) is 26.2. The van der Waals surface area contributed by atoms with E-state index in [2.05, 4.69) is 20.8 Å². The smallest absolute Gasteiger partial charge is 0.138 e. The van der Waals surface area contributed by atoms with Gasteiger partial charge in [0.05, 0.1) is 17.8 Å². The molecule has 11 atom stereocenters. The van der Waals surface area contributed by atoms with Gasteiger partial charge in [0.1, 0.15) is 5.78 Å². The minimum absolute atomic E-state index is 0.0341. The highest BCUT2D eigenvalue weighted by Gasteiger charge is 2.72. The van der Waals surface area contributed by atoms with E-state index in [-0.39, 0.29) is 52.3 Å². The topological polar surface area (TPSA) is 98.0 Å². The summed E-state index contributed by atoms with van der Waals surface area (Å²) in [6.07, 6.45) is 6.01. The SMILES string of the molecule is CC(CO)CCC[C@](C)(O)[C@H]1[C@H](O)C[C@@]2(C)[C@H]1CC[C@@H]1[C@@]3(C)CCC(=O)C(C)(C)C3[C@@H](O)C[C@]12C. The Balaban J connectivity index is 1.65. The van der Waals surface area contributed by atoms with E-state index < -0.39 is 23.2 Å². The average Bonchev–Trinajstić information content (AvgIpc) is 3.02. The van der Waals surface area contributed by atoms with Crippen LogP contribution < -0.4 is 0 Å². The number of carbonyl (C=O) groups excluding carboxylic acids is 1. The Bertz CT molecular complexity index is 822. The third kappa shape index (κ3) is 3.89. The highest BCUT2D eigenvalue weighted by Crippen LogP contribution is 2.75. The van der Waals surface area contributed by atoms with Crippen LogP contribution in [-0.4, -0.2) is 50.6 Å². The Morgan fingerprint density at radius 2 is 1.66 bits per heavy atom. The Morgan fingerprint density at radius 1 is 1.03 bits per heavy atom. The number of ketones is 1. The van der Waals surface area contributed by atoms with E-state index in [0.717, 1.165) is 32.1 Å². The van der Waals surface area contributed by atoms with Crippen molar-refractivity contribution in [3.05, 3.63) is 0 Å². The van der Waals surface area contributed by atoms with Crippen molar-refractivity contribution in [2.75, 3.05) is 6.61 Å². The molecular formula is C30H52O5. The van der Waals surface area contributed by atoms with Crippen LogP contribution in [0, 0.1) is 51.2 Å². The quantitative estimate of drug-likeness (QED) is 0.430. The van der Waals surface area contributed by atoms with Gasteiger partial charge in [0.2, 0.25) is 0 Å². The number of aliphatic hydroxyl groups excluding tert-OH is 3. The van der Waals surface area contributed by atoms with Crippen LogP contribution in [0.3, 0.4) is 0 Å². The summed E-state index contributed by atoms with van der Waals surface area (Å²) in [5.41, 5.74) is -1.92. The maximum atomic E-state index is 12.9. The number of hydrogen-bond donors (Lipinski definition) is 4. The molecule has 5 nitrogen and oxygen atoms in total. The van der Waals surface area contributed by atoms with Gasteiger partial charge in [0.25, 0.3) is 0 Å². The number of aliphatic hydroxyl groups is 4. The number of Topliss-reactive ketones (excluding diaryl/α,β-unsaturated/α-hetero) is 1. The molecule has 4 aliphatic carbocycles. The van der Waals surface area contributed by atoms with Gasteiger partial charge in [-0.1, -0.05) is 48.0 Å². The van der Waals surface area contributed by atoms with Crippen LogP contribution in [0.4, 0.5) is 0 Å². The summed E-state index contributed by atoms with van der Waals surface area (Å²) in [5, 5.41) is 44.2. The summed E-state index contributed by atoms with van der Waals surface area (Å²) >= 11 is 0. The Hall–Kier alpha value is -0.490. The average molecular weight is 493 g/mol. The molecule has 202 valence electrons. The van der Waals surface area contributed by atoms with Crippen molar-refractivity contribution < 1.29 is 25.2 Å². The van der Waals surface area contributed by atoms with Crippen molar-refractivity contribution in [3.8, 4) is 0 Å². The first-order chi connectivity index (χ1) is 16.1. The van der Waals surface area contributed by atoms with Gasteiger partial charge in [-0.3, -0.25) is 4.79 Å². The molecule has 4 fully saturated rings. The van der Waals surface area contributed by atoms with E-state index in [1.165, 1.54) is 0 Å². The molecule has 0 aromatic heterocycles. The van der Waals surface area contributed by atoms with Crippen molar-refractivity contribution in [1.82, 2.24) is 0 Å². The second-order valence-electron chi connectivity index (χ2n) is 14.8. The molecule has 0 aromatic carbocycles. The first-order valence-electron chi connectivity index (χ1n) is 14.3. The van der Waals surface area contributed by atoms with Crippen molar-refractivity contribution in [3.63, 3.8) is 0 Å². The summed E-state index contributed by atoms with van der Waals surface area (Å²) < 4.78 is 0. The van der Waals surface area contributed by atoms with Crippen molar-refractivity contribution in [1.29, 1.82) is 0 Å². The van der Waals surface area contributed by atoms with Gasteiger partial charge in [-0.15, -0.1) is 0 Å². The van der Waals surface area contributed by atoms with Crippen LogP contribution in [-0.2, 0) is 4.79 Å². The monoisotopic (exact) mass is 492 g/mol. The highest BCUT2D eigenvalue weighted by molar-refractivity contribution is 5.85. The minimum atomic E-state index is -0.959. The molecule has 0 aliphatic heterocycles. The fourth-order valence-corrected chi connectivity index (χ4v) is 10.7. The fraction of sp³-hybridized carbons (Fsp3) is 0.967. The number of carbonyl (C=O) groups is 1. The molecule has 4 N–H and O–H groups in total. The number of fused-ring (bicyclic) bond motifs is 5. The fourth-order valence-electron chi connectivity index (χ4n) is 10.7. The molecule has 4 saturated carbocycles. The summed E-state index contributed by atoms with van der Waals surface area (Å²) in [6.45, 7) is 15.2. The third-order valence-electron chi connectivity index (χ3n) is 12.5. The molecule has 0 spiro atoms. The molecule has 0 heterocycles. The highest BCUT2D eigenvalue weighted by atomic mass is 16.3.